The summed E-state index contributed by atoms with van der Waals surface area (Å²) >= 11 is 0. The summed E-state index contributed by atoms with van der Waals surface area (Å²) in [6.07, 6.45) is 1.43. The van der Waals surface area contributed by atoms with E-state index >= 15 is 0 Å². The molecule has 1 aliphatic heterocycles. The molecule has 0 bridgehead atoms. The first kappa shape index (κ1) is 13.1. The summed E-state index contributed by atoms with van der Waals surface area (Å²) in [5.74, 6) is -1.31. The van der Waals surface area contributed by atoms with Crippen molar-refractivity contribution in [2.24, 2.45) is 0 Å². The van der Waals surface area contributed by atoms with E-state index in [1.165, 1.54) is 0 Å². The number of ether oxygens (including phenoxy) is 1. The van der Waals surface area contributed by atoms with Crippen LogP contribution in [0.4, 0.5) is 20.2 Å². The molecule has 1 aromatic carbocycles. The Morgan fingerprint density at radius 3 is 2.50 bits per heavy atom. The van der Waals surface area contributed by atoms with Crippen LogP contribution in [0.5, 0.6) is 0 Å². The molecule has 0 amide bonds. The zero-order chi connectivity index (χ0) is 13.3. The normalized spacial score (nSPS) is 22.8. The molecule has 1 heterocycles. The maximum Gasteiger partial charge on any atom is 0.151 e. The van der Waals surface area contributed by atoms with E-state index in [0.29, 0.717) is 13.0 Å². The molecule has 0 saturated carbocycles. The third kappa shape index (κ3) is 2.90. The first-order valence-electron chi connectivity index (χ1n) is 6.02. The molecule has 1 aromatic rings. The predicted molar refractivity (Wildman–Crippen MR) is 67.4 cm³/mol. The Balaban J connectivity index is 2.14. The van der Waals surface area contributed by atoms with E-state index in [1.807, 2.05) is 13.8 Å². The summed E-state index contributed by atoms with van der Waals surface area (Å²) < 4.78 is 32.9. The minimum Gasteiger partial charge on any atom is -0.399 e. The molecule has 1 atom stereocenters. The zero-order valence-corrected chi connectivity index (χ0v) is 10.6. The van der Waals surface area contributed by atoms with Gasteiger partial charge < -0.3 is 15.8 Å². The minimum absolute atomic E-state index is 0.00127. The van der Waals surface area contributed by atoms with Crippen LogP contribution in [0.15, 0.2) is 12.1 Å². The van der Waals surface area contributed by atoms with E-state index in [2.05, 4.69) is 5.32 Å². The second-order valence-corrected chi connectivity index (χ2v) is 5.30. The molecule has 0 aromatic heterocycles. The fraction of sp³-hybridized carbons (Fsp3) is 0.538. The fourth-order valence-electron chi connectivity index (χ4n) is 2.29. The van der Waals surface area contributed by atoms with E-state index in [0.717, 1.165) is 18.6 Å². The summed E-state index contributed by atoms with van der Waals surface area (Å²) in [5.41, 5.74) is 5.09. The Bertz CT molecular complexity index is 426. The third-order valence-electron chi connectivity index (χ3n) is 3.11. The van der Waals surface area contributed by atoms with Gasteiger partial charge in [0.25, 0.3) is 0 Å². The van der Waals surface area contributed by atoms with Gasteiger partial charge in [0.1, 0.15) is 5.69 Å². The van der Waals surface area contributed by atoms with Crippen molar-refractivity contribution in [1.82, 2.24) is 0 Å². The van der Waals surface area contributed by atoms with Crippen LogP contribution >= 0.6 is 0 Å². The van der Waals surface area contributed by atoms with E-state index in [4.69, 9.17) is 10.5 Å². The number of hydrogen-bond donors (Lipinski definition) is 2. The van der Waals surface area contributed by atoms with Gasteiger partial charge in [0, 0.05) is 18.3 Å². The predicted octanol–water partition coefficient (Wildman–Crippen LogP) is 2.92. The van der Waals surface area contributed by atoms with Gasteiger partial charge >= 0.3 is 0 Å². The number of anilines is 2. The van der Waals surface area contributed by atoms with E-state index in [1.54, 1.807) is 0 Å². The number of nitrogens with one attached hydrogen (secondary N) is 1. The summed E-state index contributed by atoms with van der Waals surface area (Å²) in [4.78, 5) is 0. The summed E-state index contributed by atoms with van der Waals surface area (Å²) in [6.45, 7) is 4.52. The molecule has 0 aliphatic carbocycles. The summed E-state index contributed by atoms with van der Waals surface area (Å²) in [5, 5.41) is 2.91. The van der Waals surface area contributed by atoms with Crippen LogP contribution < -0.4 is 11.1 Å². The number of hydrogen-bond acceptors (Lipinski definition) is 3. The van der Waals surface area contributed by atoms with Gasteiger partial charge in [-0.1, -0.05) is 0 Å². The number of nitrogens with two attached hydrogens (primary N) is 1. The molecule has 1 saturated heterocycles. The molecular formula is C13H18F2N2O. The lowest BCUT2D eigenvalue weighted by Gasteiger charge is -2.36. The lowest BCUT2D eigenvalue weighted by molar-refractivity contribution is -0.0553. The van der Waals surface area contributed by atoms with Crippen LogP contribution in [0.2, 0.25) is 0 Å². The number of nitrogen functional groups attached to an aromatic ring is 1. The molecule has 1 unspecified atom stereocenters. The van der Waals surface area contributed by atoms with Crippen molar-refractivity contribution in [3.05, 3.63) is 23.8 Å². The minimum atomic E-state index is -0.656. The van der Waals surface area contributed by atoms with Crippen molar-refractivity contribution in [2.75, 3.05) is 17.7 Å². The molecular weight excluding hydrogens is 238 g/mol. The monoisotopic (exact) mass is 256 g/mol. The van der Waals surface area contributed by atoms with Gasteiger partial charge in [0.15, 0.2) is 11.6 Å². The van der Waals surface area contributed by atoms with Crippen LogP contribution in [-0.2, 0) is 4.74 Å². The fourth-order valence-corrected chi connectivity index (χ4v) is 2.29. The Morgan fingerprint density at radius 1 is 1.33 bits per heavy atom. The number of halogens is 2. The average Bonchev–Trinajstić information content (AvgIpc) is 2.22. The van der Waals surface area contributed by atoms with Crippen molar-refractivity contribution in [1.29, 1.82) is 0 Å². The highest BCUT2D eigenvalue weighted by Gasteiger charge is 2.29. The van der Waals surface area contributed by atoms with Gasteiger partial charge in [-0.25, -0.2) is 8.78 Å². The first-order chi connectivity index (χ1) is 8.37. The van der Waals surface area contributed by atoms with Gasteiger partial charge in [-0.15, -0.1) is 0 Å². The molecule has 18 heavy (non-hydrogen) atoms. The zero-order valence-electron chi connectivity index (χ0n) is 10.6. The Labute approximate surface area is 105 Å². The largest absolute Gasteiger partial charge is 0.399 e. The highest BCUT2D eigenvalue weighted by Crippen LogP contribution is 2.29. The van der Waals surface area contributed by atoms with Crippen LogP contribution in [0, 0.1) is 11.6 Å². The molecule has 3 nitrogen and oxygen atoms in total. The van der Waals surface area contributed by atoms with Gasteiger partial charge in [-0.05, 0) is 38.8 Å². The lowest BCUT2D eigenvalue weighted by Crippen LogP contribution is -2.40. The van der Waals surface area contributed by atoms with Crippen molar-refractivity contribution in [2.45, 2.75) is 38.3 Å². The van der Waals surface area contributed by atoms with Crippen molar-refractivity contribution in [3.8, 4) is 0 Å². The van der Waals surface area contributed by atoms with Crippen molar-refractivity contribution >= 4 is 11.4 Å². The maximum atomic E-state index is 13.6. The lowest BCUT2D eigenvalue weighted by atomic mass is 9.94. The van der Waals surface area contributed by atoms with Gasteiger partial charge in [0.05, 0.1) is 5.60 Å². The second-order valence-electron chi connectivity index (χ2n) is 5.30. The maximum absolute atomic E-state index is 13.6. The Morgan fingerprint density at radius 2 is 1.94 bits per heavy atom. The highest BCUT2D eigenvalue weighted by atomic mass is 19.1. The standard InChI is InChI=1S/C13H18F2N2O/c1-13(2)7-9(3-4-18-13)17-12-10(14)5-8(16)6-11(12)15/h5-6,9,17H,3-4,7,16H2,1-2H3. The van der Waals surface area contributed by atoms with Crippen LogP contribution in [0.3, 0.4) is 0 Å². The van der Waals surface area contributed by atoms with Crippen molar-refractivity contribution < 1.29 is 13.5 Å². The van der Waals surface area contributed by atoms with Gasteiger partial charge in [-0.3, -0.25) is 0 Å². The van der Waals surface area contributed by atoms with Gasteiger partial charge in [-0.2, -0.15) is 0 Å². The smallest absolute Gasteiger partial charge is 0.151 e. The number of rotatable bonds is 2. The van der Waals surface area contributed by atoms with E-state index in [-0.39, 0.29) is 23.0 Å². The Hall–Kier alpha value is -1.36. The van der Waals surface area contributed by atoms with Gasteiger partial charge in [0.2, 0.25) is 0 Å². The van der Waals surface area contributed by atoms with Crippen molar-refractivity contribution in [3.63, 3.8) is 0 Å². The molecule has 5 heteroatoms. The Kier molecular flexibility index (Phi) is 3.43. The van der Waals surface area contributed by atoms with E-state index in [9.17, 15) is 8.78 Å². The van der Waals surface area contributed by atoms with Crippen LogP contribution in [0.25, 0.3) is 0 Å². The second kappa shape index (κ2) is 4.72. The molecule has 2 rings (SSSR count). The molecule has 3 N–H and O–H groups in total. The SMILES string of the molecule is CC1(C)CC(Nc2c(F)cc(N)cc2F)CCO1. The highest BCUT2D eigenvalue weighted by molar-refractivity contribution is 5.54. The topological polar surface area (TPSA) is 47.3 Å². The first-order valence-corrected chi connectivity index (χ1v) is 6.02. The molecule has 1 fully saturated rings. The molecule has 0 spiro atoms. The quantitative estimate of drug-likeness (QED) is 0.800. The third-order valence-corrected chi connectivity index (χ3v) is 3.11. The average molecular weight is 256 g/mol. The summed E-state index contributed by atoms with van der Waals surface area (Å²) in [6, 6.07) is 2.24. The number of benzene rings is 1. The van der Waals surface area contributed by atoms with Crippen LogP contribution in [-0.4, -0.2) is 18.2 Å². The van der Waals surface area contributed by atoms with E-state index < -0.39 is 11.6 Å². The molecule has 1 aliphatic rings. The molecule has 100 valence electrons. The molecule has 0 radical (unpaired) electrons. The van der Waals surface area contributed by atoms with Crippen LogP contribution in [0.1, 0.15) is 26.7 Å². The summed E-state index contributed by atoms with van der Waals surface area (Å²) in [7, 11) is 0.